The molecule has 1 aliphatic carbocycles. The number of nitrogens with one attached hydrogen (secondary N) is 2. The highest BCUT2D eigenvalue weighted by atomic mass is 15.3. The molecular weight excluding hydrogens is 226 g/mol. The molecule has 1 aromatic rings. The van der Waals surface area contributed by atoms with Gasteiger partial charge in [0.1, 0.15) is 17.5 Å². The number of nitrogen functional groups attached to an aromatic ring is 1. The van der Waals surface area contributed by atoms with Crippen molar-refractivity contribution >= 4 is 11.6 Å². The van der Waals surface area contributed by atoms with E-state index in [2.05, 4.69) is 34.6 Å². The molecule has 4 N–H and O–H groups in total. The van der Waals surface area contributed by atoms with Crippen LogP contribution in [0.2, 0.25) is 0 Å². The lowest BCUT2D eigenvalue weighted by Gasteiger charge is -2.26. The molecule has 0 atom stereocenters. The molecule has 1 aliphatic rings. The van der Waals surface area contributed by atoms with Gasteiger partial charge in [-0.15, -0.1) is 0 Å². The Balaban J connectivity index is 2.17. The zero-order valence-electron chi connectivity index (χ0n) is 11.3. The number of nitrogens with two attached hydrogens (primary N) is 1. The molecule has 1 fully saturated rings. The molecule has 1 saturated carbocycles. The highest BCUT2D eigenvalue weighted by Gasteiger charge is 2.28. The molecule has 0 unspecified atom stereocenters. The van der Waals surface area contributed by atoms with Crippen LogP contribution in [0.4, 0.5) is 11.6 Å². The molecule has 5 nitrogen and oxygen atoms in total. The molecule has 1 aromatic heterocycles. The van der Waals surface area contributed by atoms with Crippen LogP contribution in [0.3, 0.4) is 0 Å². The molecule has 0 bridgehead atoms. The van der Waals surface area contributed by atoms with Crippen LogP contribution in [-0.2, 0) is 6.42 Å². The number of hydrogen-bond acceptors (Lipinski definition) is 5. The Morgan fingerprint density at radius 1 is 1.28 bits per heavy atom. The first kappa shape index (κ1) is 13.1. The van der Waals surface area contributed by atoms with Gasteiger partial charge in [-0.3, -0.25) is 0 Å². The van der Waals surface area contributed by atoms with Crippen LogP contribution < -0.4 is 16.6 Å². The largest absolute Gasteiger partial charge is 0.365 e. The maximum atomic E-state index is 5.46. The average Bonchev–Trinajstić information content (AvgIpc) is 2.75. The Morgan fingerprint density at radius 3 is 2.56 bits per heavy atom. The smallest absolute Gasteiger partial charge is 0.145 e. The van der Waals surface area contributed by atoms with Gasteiger partial charge < -0.3 is 10.7 Å². The Kier molecular flexibility index (Phi) is 4.01. The van der Waals surface area contributed by atoms with Crippen LogP contribution in [0.5, 0.6) is 0 Å². The molecule has 100 valence electrons. The molecule has 0 aliphatic heterocycles. The average molecular weight is 249 g/mol. The van der Waals surface area contributed by atoms with Gasteiger partial charge in [0.05, 0.1) is 0 Å². The van der Waals surface area contributed by atoms with Crippen LogP contribution in [0.15, 0.2) is 6.07 Å². The van der Waals surface area contributed by atoms with Gasteiger partial charge in [-0.25, -0.2) is 15.8 Å². The van der Waals surface area contributed by atoms with Crippen molar-refractivity contribution in [2.24, 2.45) is 5.84 Å². The predicted octanol–water partition coefficient (Wildman–Crippen LogP) is 2.46. The molecule has 0 saturated heterocycles. The zero-order valence-corrected chi connectivity index (χ0v) is 11.3. The predicted molar refractivity (Wildman–Crippen MR) is 74.3 cm³/mol. The maximum Gasteiger partial charge on any atom is 0.145 e. The van der Waals surface area contributed by atoms with Crippen molar-refractivity contribution in [3.8, 4) is 0 Å². The standard InChI is InChI=1S/C13H23N5/c1-3-6-10-15-11(9-12(16-10)18-14)17-13(2)7-4-5-8-13/h9H,3-8,14H2,1-2H3,(H2,15,16,17,18). The van der Waals surface area contributed by atoms with E-state index in [0.29, 0.717) is 5.82 Å². The Labute approximate surface area is 109 Å². The van der Waals surface area contributed by atoms with E-state index < -0.39 is 0 Å². The number of anilines is 2. The van der Waals surface area contributed by atoms with Crippen molar-refractivity contribution < 1.29 is 0 Å². The van der Waals surface area contributed by atoms with Gasteiger partial charge >= 0.3 is 0 Å². The van der Waals surface area contributed by atoms with Crippen molar-refractivity contribution in [2.75, 3.05) is 10.7 Å². The summed E-state index contributed by atoms with van der Waals surface area (Å²) in [6.45, 7) is 4.38. The summed E-state index contributed by atoms with van der Waals surface area (Å²) in [7, 11) is 0. The quantitative estimate of drug-likeness (QED) is 0.552. The first-order chi connectivity index (χ1) is 8.65. The summed E-state index contributed by atoms with van der Waals surface area (Å²) in [6.07, 6.45) is 6.89. The molecule has 0 radical (unpaired) electrons. The van der Waals surface area contributed by atoms with Crippen LogP contribution in [0.1, 0.15) is 51.8 Å². The lowest BCUT2D eigenvalue weighted by Crippen LogP contribution is -2.31. The summed E-state index contributed by atoms with van der Waals surface area (Å²) in [5, 5.41) is 3.54. The van der Waals surface area contributed by atoms with Gasteiger partial charge in [-0.1, -0.05) is 19.8 Å². The van der Waals surface area contributed by atoms with Crippen molar-refractivity contribution in [3.05, 3.63) is 11.9 Å². The van der Waals surface area contributed by atoms with E-state index in [1.165, 1.54) is 25.7 Å². The minimum Gasteiger partial charge on any atom is -0.365 e. The third kappa shape index (κ3) is 3.10. The molecule has 1 heterocycles. The highest BCUT2D eigenvalue weighted by Crippen LogP contribution is 2.32. The number of aryl methyl sites for hydroxylation is 1. The second kappa shape index (κ2) is 5.52. The molecule has 0 aromatic carbocycles. The number of hydrogen-bond donors (Lipinski definition) is 3. The molecule has 0 amide bonds. The summed E-state index contributed by atoms with van der Waals surface area (Å²) < 4.78 is 0. The number of rotatable bonds is 5. The number of aromatic nitrogens is 2. The van der Waals surface area contributed by atoms with Crippen LogP contribution in [-0.4, -0.2) is 15.5 Å². The van der Waals surface area contributed by atoms with E-state index >= 15 is 0 Å². The summed E-state index contributed by atoms with van der Waals surface area (Å²) in [4.78, 5) is 8.91. The first-order valence-corrected chi connectivity index (χ1v) is 6.78. The first-order valence-electron chi connectivity index (χ1n) is 6.78. The second-order valence-electron chi connectivity index (χ2n) is 5.34. The van der Waals surface area contributed by atoms with Crippen molar-refractivity contribution in [1.29, 1.82) is 0 Å². The van der Waals surface area contributed by atoms with Gasteiger partial charge in [0.25, 0.3) is 0 Å². The maximum absolute atomic E-state index is 5.46. The number of hydrazine groups is 1. The minimum absolute atomic E-state index is 0.170. The minimum atomic E-state index is 0.170. The van der Waals surface area contributed by atoms with E-state index in [1.54, 1.807) is 0 Å². The zero-order chi connectivity index (χ0) is 13.0. The van der Waals surface area contributed by atoms with Crippen LogP contribution in [0, 0.1) is 0 Å². The molecule has 18 heavy (non-hydrogen) atoms. The molecule has 2 rings (SSSR count). The highest BCUT2D eigenvalue weighted by molar-refractivity contribution is 5.48. The number of nitrogens with zero attached hydrogens (tertiary/aromatic N) is 2. The lowest BCUT2D eigenvalue weighted by molar-refractivity contribution is 0.530. The molecule has 0 spiro atoms. The summed E-state index contributed by atoms with van der Waals surface area (Å²) >= 11 is 0. The van der Waals surface area contributed by atoms with Gasteiger partial charge in [0.2, 0.25) is 0 Å². The Bertz CT molecular complexity index is 398. The summed E-state index contributed by atoms with van der Waals surface area (Å²) in [6, 6.07) is 1.88. The van der Waals surface area contributed by atoms with Gasteiger partial charge in [0.15, 0.2) is 0 Å². The third-order valence-electron chi connectivity index (χ3n) is 3.53. The fourth-order valence-corrected chi connectivity index (χ4v) is 2.56. The van der Waals surface area contributed by atoms with Crippen LogP contribution >= 0.6 is 0 Å². The van der Waals surface area contributed by atoms with E-state index in [9.17, 15) is 0 Å². The second-order valence-corrected chi connectivity index (χ2v) is 5.34. The van der Waals surface area contributed by atoms with Crippen molar-refractivity contribution in [3.63, 3.8) is 0 Å². The summed E-state index contributed by atoms with van der Waals surface area (Å²) in [5.74, 6) is 7.86. The van der Waals surface area contributed by atoms with E-state index in [4.69, 9.17) is 5.84 Å². The summed E-state index contributed by atoms with van der Waals surface area (Å²) in [5.41, 5.74) is 2.78. The van der Waals surface area contributed by atoms with Crippen molar-refractivity contribution in [2.45, 2.75) is 57.9 Å². The molecular formula is C13H23N5. The lowest BCUT2D eigenvalue weighted by atomic mass is 10.0. The SMILES string of the molecule is CCCc1nc(NN)cc(NC2(C)CCCC2)n1. The fraction of sp³-hybridized carbons (Fsp3) is 0.692. The Hall–Kier alpha value is -1.36. The van der Waals surface area contributed by atoms with Crippen LogP contribution in [0.25, 0.3) is 0 Å². The fourth-order valence-electron chi connectivity index (χ4n) is 2.56. The Morgan fingerprint density at radius 2 is 1.94 bits per heavy atom. The van der Waals surface area contributed by atoms with E-state index in [1.807, 2.05) is 6.07 Å². The van der Waals surface area contributed by atoms with E-state index in [-0.39, 0.29) is 5.54 Å². The van der Waals surface area contributed by atoms with Gasteiger partial charge in [-0.2, -0.15) is 0 Å². The topological polar surface area (TPSA) is 75.9 Å². The molecule has 5 heteroatoms. The third-order valence-corrected chi connectivity index (χ3v) is 3.53. The normalized spacial score (nSPS) is 17.7. The van der Waals surface area contributed by atoms with E-state index in [0.717, 1.165) is 24.5 Å². The van der Waals surface area contributed by atoms with Crippen molar-refractivity contribution in [1.82, 2.24) is 9.97 Å². The van der Waals surface area contributed by atoms with Gasteiger partial charge in [-0.05, 0) is 26.2 Å². The van der Waals surface area contributed by atoms with Gasteiger partial charge in [0, 0.05) is 18.0 Å². The monoisotopic (exact) mass is 249 g/mol.